The van der Waals surface area contributed by atoms with Crippen LogP contribution in [0.25, 0.3) is 0 Å². The number of carbonyl (C=O) groups is 2. The largest absolute Gasteiger partial charge is 0.465 e. The topological polar surface area (TPSA) is 59.5 Å². The van der Waals surface area contributed by atoms with E-state index in [9.17, 15) is 9.59 Å². The van der Waals surface area contributed by atoms with Crippen LogP contribution in [0, 0.1) is 5.41 Å². The van der Waals surface area contributed by atoms with E-state index in [1.165, 1.54) is 0 Å². The quantitative estimate of drug-likeness (QED) is 0.467. The Morgan fingerprint density at radius 2 is 2.21 bits per heavy atom. The Balaban J connectivity index is 2.05. The van der Waals surface area contributed by atoms with Gasteiger partial charge in [0.05, 0.1) is 6.61 Å². The standard InChI is InChI=1S/C14H18N2O3/c1-2-19-13(18)14(11-17)6-9-16(10-7-14)12-5-3-4-8-15-12/h3-5,8,11H,2,6-7,9-10H2,1H3. The van der Waals surface area contributed by atoms with Crippen molar-refractivity contribution in [2.75, 3.05) is 24.6 Å². The number of nitrogens with zero attached hydrogens (tertiary/aromatic N) is 2. The molecule has 0 bridgehead atoms. The van der Waals surface area contributed by atoms with E-state index in [2.05, 4.69) is 9.88 Å². The third kappa shape index (κ3) is 2.75. The van der Waals surface area contributed by atoms with Gasteiger partial charge in [-0.2, -0.15) is 0 Å². The summed E-state index contributed by atoms with van der Waals surface area (Å²) < 4.78 is 5.01. The van der Waals surface area contributed by atoms with Gasteiger partial charge in [-0.3, -0.25) is 4.79 Å². The number of hydrogen-bond acceptors (Lipinski definition) is 5. The van der Waals surface area contributed by atoms with Crippen molar-refractivity contribution in [3.05, 3.63) is 24.4 Å². The minimum atomic E-state index is -0.971. The second kappa shape index (κ2) is 5.82. The smallest absolute Gasteiger partial charge is 0.319 e. The second-order valence-electron chi connectivity index (χ2n) is 4.67. The Bertz CT molecular complexity index is 439. The number of pyridine rings is 1. The molecule has 0 spiro atoms. The maximum absolute atomic E-state index is 11.9. The highest BCUT2D eigenvalue weighted by molar-refractivity contribution is 5.93. The molecule has 0 radical (unpaired) electrons. The maximum atomic E-state index is 11.9. The molecule has 0 aliphatic carbocycles. The zero-order valence-corrected chi connectivity index (χ0v) is 11.0. The highest BCUT2D eigenvalue weighted by atomic mass is 16.5. The van der Waals surface area contributed by atoms with E-state index in [0.29, 0.717) is 32.5 Å². The lowest BCUT2D eigenvalue weighted by Crippen LogP contribution is -2.46. The van der Waals surface area contributed by atoms with Gasteiger partial charge in [0.1, 0.15) is 17.5 Å². The summed E-state index contributed by atoms with van der Waals surface area (Å²) in [5, 5.41) is 0. The van der Waals surface area contributed by atoms with Crippen LogP contribution in [-0.4, -0.2) is 36.9 Å². The molecule has 5 nitrogen and oxygen atoms in total. The molecule has 0 atom stereocenters. The molecule has 1 aromatic rings. The Labute approximate surface area is 112 Å². The van der Waals surface area contributed by atoms with E-state index in [4.69, 9.17) is 4.74 Å². The van der Waals surface area contributed by atoms with E-state index in [1.807, 2.05) is 18.2 Å². The van der Waals surface area contributed by atoms with Gasteiger partial charge in [-0.05, 0) is 31.9 Å². The van der Waals surface area contributed by atoms with Crippen LogP contribution in [0.5, 0.6) is 0 Å². The molecule has 0 unspecified atom stereocenters. The number of piperidine rings is 1. The van der Waals surface area contributed by atoms with Crippen molar-refractivity contribution in [3.63, 3.8) is 0 Å². The summed E-state index contributed by atoms with van der Waals surface area (Å²) in [6.07, 6.45) is 3.45. The van der Waals surface area contributed by atoms with Gasteiger partial charge in [0.15, 0.2) is 0 Å². The van der Waals surface area contributed by atoms with Gasteiger partial charge in [-0.15, -0.1) is 0 Å². The fourth-order valence-electron chi connectivity index (χ4n) is 2.32. The molecule has 1 aromatic heterocycles. The fourth-order valence-corrected chi connectivity index (χ4v) is 2.32. The first kappa shape index (κ1) is 13.5. The fraction of sp³-hybridized carbons (Fsp3) is 0.500. The van der Waals surface area contributed by atoms with Crippen LogP contribution in [0.15, 0.2) is 24.4 Å². The first-order valence-corrected chi connectivity index (χ1v) is 6.51. The summed E-state index contributed by atoms with van der Waals surface area (Å²) in [4.78, 5) is 29.6. The number of rotatable bonds is 4. The van der Waals surface area contributed by atoms with Gasteiger partial charge in [0.25, 0.3) is 0 Å². The monoisotopic (exact) mass is 262 g/mol. The number of hydrogen-bond donors (Lipinski definition) is 0. The average molecular weight is 262 g/mol. The number of anilines is 1. The molecular weight excluding hydrogens is 244 g/mol. The predicted octanol–water partition coefficient (Wildman–Crippen LogP) is 1.43. The molecule has 2 heterocycles. The Hall–Kier alpha value is -1.91. The van der Waals surface area contributed by atoms with Crippen molar-refractivity contribution >= 4 is 18.1 Å². The summed E-state index contributed by atoms with van der Waals surface area (Å²) in [5.41, 5.74) is -0.971. The van der Waals surface area contributed by atoms with Crippen molar-refractivity contribution in [1.82, 2.24) is 4.98 Å². The van der Waals surface area contributed by atoms with Crippen LogP contribution in [0.2, 0.25) is 0 Å². The second-order valence-corrected chi connectivity index (χ2v) is 4.67. The van der Waals surface area contributed by atoms with Crippen LogP contribution in [0.4, 0.5) is 5.82 Å². The Morgan fingerprint density at radius 1 is 1.47 bits per heavy atom. The van der Waals surface area contributed by atoms with Gasteiger partial charge in [0, 0.05) is 19.3 Å². The lowest BCUT2D eigenvalue weighted by molar-refractivity contribution is -0.158. The molecule has 5 heteroatoms. The van der Waals surface area contributed by atoms with E-state index in [0.717, 1.165) is 12.1 Å². The van der Waals surface area contributed by atoms with Gasteiger partial charge in [-0.1, -0.05) is 6.07 Å². The SMILES string of the molecule is CCOC(=O)C1(C=O)CCN(c2ccccn2)CC1. The molecule has 0 saturated carbocycles. The number of esters is 1. The minimum Gasteiger partial charge on any atom is -0.465 e. The van der Waals surface area contributed by atoms with E-state index >= 15 is 0 Å². The van der Waals surface area contributed by atoms with Crippen molar-refractivity contribution in [1.29, 1.82) is 0 Å². The molecule has 1 aliphatic heterocycles. The normalized spacial score (nSPS) is 17.8. The van der Waals surface area contributed by atoms with Gasteiger partial charge >= 0.3 is 5.97 Å². The minimum absolute atomic E-state index is 0.304. The summed E-state index contributed by atoms with van der Waals surface area (Å²) in [7, 11) is 0. The van der Waals surface area contributed by atoms with Crippen molar-refractivity contribution in [2.24, 2.45) is 5.41 Å². The summed E-state index contributed by atoms with van der Waals surface area (Å²) >= 11 is 0. The molecular formula is C14H18N2O3. The molecule has 0 aromatic carbocycles. The highest BCUT2D eigenvalue weighted by Crippen LogP contribution is 2.32. The van der Waals surface area contributed by atoms with Crippen molar-refractivity contribution in [2.45, 2.75) is 19.8 Å². The first-order chi connectivity index (χ1) is 9.22. The first-order valence-electron chi connectivity index (χ1n) is 6.51. The van der Waals surface area contributed by atoms with Crippen LogP contribution in [0.3, 0.4) is 0 Å². The predicted molar refractivity (Wildman–Crippen MR) is 70.8 cm³/mol. The van der Waals surface area contributed by atoms with Crippen molar-refractivity contribution in [3.8, 4) is 0 Å². The molecule has 1 fully saturated rings. The van der Waals surface area contributed by atoms with Crippen LogP contribution < -0.4 is 4.90 Å². The van der Waals surface area contributed by atoms with E-state index in [1.54, 1.807) is 13.1 Å². The molecule has 1 aliphatic rings. The lowest BCUT2D eigenvalue weighted by Gasteiger charge is -2.36. The molecule has 2 rings (SSSR count). The maximum Gasteiger partial charge on any atom is 0.319 e. The van der Waals surface area contributed by atoms with Crippen LogP contribution >= 0.6 is 0 Å². The van der Waals surface area contributed by atoms with Crippen molar-refractivity contribution < 1.29 is 14.3 Å². The molecule has 0 N–H and O–H groups in total. The zero-order chi connectivity index (χ0) is 13.7. The number of aldehydes is 1. The Morgan fingerprint density at radius 3 is 2.74 bits per heavy atom. The molecule has 102 valence electrons. The van der Waals surface area contributed by atoms with E-state index in [-0.39, 0.29) is 0 Å². The Kier molecular flexibility index (Phi) is 4.14. The van der Waals surface area contributed by atoms with Gasteiger partial charge in [-0.25, -0.2) is 4.98 Å². The summed E-state index contributed by atoms with van der Waals surface area (Å²) in [6, 6.07) is 5.72. The average Bonchev–Trinajstić information content (AvgIpc) is 2.48. The lowest BCUT2D eigenvalue weighted by atomic mass is 9.80. The van der Waals surface area contributed by atoms with E-state index < -0.39 is 11.4 Å². The molecule has 1 saturated heterocycles. The van der Waals surface area contributed by atoms with Crippen LogP contribution in [-0.2, 0) is 14.3 Å². The summed E-state index contributed by atoms with van der Waals surface area (Å²) in [6.45, 7) is 3.32. The third-order valence-electron chi connectivity index (χ3n) is 3.54. The van der Waals surface area contributed by atoms with Crippen LogP contribution in [0.1, 0.15) is 19.8 Å². The third-order valence-corrected chi connectivity index (χ3v) is 3.54. The number of carbonyl (C=O) groups excluding carboxylic acids is 2. The van der Waals surface area contributed by atoms with Gasteiger partial charge < -0.3 is 14.4 Å². The highest BCUT2D eigenvalue weighted by Gasteiger charge is 2.42. The summed E-state index contributed by atoms with van der Waals surface area (Å²) in [5.74, 6) is 0.483. The number of ether oxygens (including phenoxy) is 1. The number of aromatic nitrogens is 1. The molecule has 19 heavy (non-hydrogen) atoms. The zero-order valence-electron chi connectivity index (χ0n) is 11.0. The molecule has 0 amide bonds. The van der Waals surface area contributed by atoms with Gasteiger partial charge in [0.2, 0.25) is 0 Å².